The molecule has 0 saturated carbocycles. The molecule has 0 bridgehead atoms. The molecule has 1 amide bonds. The highest BCUT2D eigenvalue weighted by Gasteiger charge is 2.41. The number of aromatic nitrogens is 1. The molecule has 0 radical (unpaired) electrons. The van der Waals surface area contributed by atoms with Gasteiger partial charge < -0.3 is 10.1 Å². The molecule has 1 N–H and O–H groups in total. The van der Waals surface area contributed by atoms with Crippen molar-refractivity contribution < 1.29 is 9.53 Å². The number of nitrogens with zero attached hydrogens (tertiary/aromatic N) is 1. The smallest absolute Gasteiger partial charge is 0.235 e. The number of amides is 1. The molecular formula is C24H24N2O2. The van der Waals surface area contributed by atoms with Crippen LogP contribution in [0, 0.1) is 0 Å². The predicted octanol–water partition coefficient (Wildman–Crippen LogP) is 4.36. The molecule has 4 rings (SSSR count). The monoisotopic (exact) mass is 372 g/mol. The summed E-state index contributed by atoms with van der Waals surface area (Å²) >= 11 is 0. The Morgan fingerprint density at radius 2 is 1.54 bits per heavy atom. The molecule has 2 aromatic carbocycles. The number of hydrogen-bond acceptors (Lipinski definition) is 3. The summed E-state index contributed by atoms with van der Waals surface area (Å²) in [5, 5.41) is 3.14. The van der Waals surface area contributed by atoms with Crippen LogP contribution in [0.1, 0.15) is 29.5 Å². The van der Waals surface area contributed by atoms with Crippen LogP contribution < -0.4 is 5.32 Å². The number of ether oxygens (including phenoxy) is 1. The Balaban J connectivity index is 1.50. The number of benzene rings is 2. The van der Waals surface area contributed by atoms with Crippen LogP contribution in [-0.2, 0) is 21.4 Å². The van der Waals surface area contributed by atoms with Gasteiger partial charge in [0.1, 0.15) is 0 Å². The van der Waals surface area contributed by atoms with E-state index in [2.05, 4.69) is 22.4 Å². The van der Waals surface area contributed by atoms with Gasteiger partial charge in [-0.05, 0) is 60.2 Å². The van der Waals surface area contributed by atoms with E-state index in [0.29, 0.717) is 26.1 Å². The first-order valence-electron chi connectivity index (χ1n) is 9.69. The van der Waals surface area contributed by atoms with Crippen LogP contribution >= 0.6 is 0 Å². The van der Waals surface area contributed by atoms with Gasteiger partial charge in [0.05, 0.1) is 5.41 Å². The zero-order chi connectivity index (χ0) is 19.2. The number of nitrogens with one attached hydrogen (secondary N) is 1. The summed E-state index contributed by atoms with van der Waals surface area (Å²) in [4.78, 5) is 17.3. The lowest BCUT2D eigenvalue weighted by Gasteiger charge is -2.36. The highest BCUT2D eigenvalue weighted by Crippen LogP contribution is 2.36. The molecule has 1 aliphatic heterocycles. The average Bonchev–Trinajstić information content (AvgIpc) is 2.77. The molecule has 142 valence electrons. The maximum absolute atomic E-state index is 13.3. The zero-order valence-corrected chi connectivity index (χ0v) is 15.8. The molecule has 0 atom stereocenters. The minimum atomic E-state index is -0.533. The first-order chi connectivity index (χ1) is 13.8. The molecule has 1 saturated heterocycles. The van der Waals surface area contributed by atoms with Crippen molar-refractivity contribution >= 4 is 11.6 Å². The van der Waals surface area contributed by atoms with Crippen molar-refractivity contribution in [3.63, 3.8) is 0 Å². The van der Waals surface area contributed by atoms with Crippen molar-refractivity contribution in [2.75, 3.05) is 18.5 Å². The molecule has 4 nitrogen and oxygen atoms in total. The molecule has 0 spiro atoms. The first kappa shape index (κ1) is 18.4. The second-order valence-corrected chi connectivity index (χ2v) is 7.24. The Morgan fingerprint density at radius 1 is 0.893 bits per heavy atom. The lowest BCUT2D eigenvalue weighted by atomic mass is 9.73. The van der Waals surface area contributed by atoms with Gasteiger partial charge in [0, 0.05) is 31.3 Å². The lowest BCUT2D eigenvalue weighted by Crippen LogP contribution is -2.44. The maximum Gasteiger partial charge on any atom is 0.235 e. The molecule has 0 unspecified atom stereocenters. The van der Waals surface area contributed by atoms with Crippen LogP contribution in [0.3, 0.4) is 0 Å². The van der Waals surface area contributed by atoms with Crippen molar-refractivity contribution in [1.82, 2.24) is 4.98 Å². The molecule has 2 heterocycles. The Bertz CT molecular complexity index is 902. The number of anilines is 1. The first-order valence-corrected chi connectivity index (χ1v) is 9.69. The van der Waals surface area contributed by atoms with Crippen LogP contribution in [0.5, 0.6) is 0 Å². The number of hydrogen-bond donors (Lipinski definition) is 1. The van der Waals surface area contributed by atoms with E-state index in [1.165, 1.54) is 11.1 Å². The summed E-state index contributed by atoms with van der Waals surface area (Å²) in [6.45, 7) is 1.21. The fourth-order valence-electron chi connectivity index (χ4n) is 3.82. The molecule has 0 aliphatic carbocycles. The summed E-state index contributed by atoms with van der Waals surface area (Å²) in [6.07, 6.45) is 5.86. The fraction of sp³-hybridized carbons (Fsp3) is 0.250. The van der Waals surface area contributed by atoms with Crippen LogP contribution in [0.4, 0.5) is 5.69 Å². The van der Waals surface area contributed by atoms with Crippen molar-refractivity contribution in [2.45, 2.75) is 24.7 Å². The third-order valence-electron chi connectivity index (χ3n) is 5.48. The molecule has 3 aromatic rings. The van der Waals surface area contributed by atoms with Crippen molar-refractivity contribution in [3.05, 3.63) is 95.8 Å². The summed E-state index contributed by atoms with van der Waals surface area (Å²) in [7, 11) is 0. The lowest BCUT2D eigenvalue weighted by molar-refractivity contribution is -0.125. The highest BCUT2D eigenvalue weighted by molar-refractivity contribution is 5.99. The van der Waals surface area contributed by atoms with E-state index in [0.717, 1.165) is 17.7 Å². The van der Waals surface area contributed by atoms with E-state index in [4.69, 9.17) is 4.74 Å². The van der Waals surface area contributed by atoms with Gasteiger partial charge in [0.2, 0.25) is 5.91 Å². The van der Waals surface area contributed by atoms with E-state index in [-0.39, 0.29) is 5.91 Å². The van der Waals surface area contributed by atoms with E-state index in [1.54, 1.807) is 12.4 Å². The maximum atomic E-state index is 13.3. The number of carbonyl (C=O) groups is 1. The Hall–Kier alpha value is -2.98. The van der Waals surface area contributed by atoms with Gasteiger partial charge in [-0.25, -0.2) is 0 Å². The third kappa shape index (κ3) is 3.97. The van der Waals surface area contributed by atoms with E-state index >= 15 is 0 Å². The number of carbonyl (C=O) groups excluding carboxylic acids is 1. The average molecular weight is 372 g/mol. The van der Waals surface area contributed by atoms with Gasteiger partial charge in [-0.15, -0.1) is 0 Å². The molecular weight excluding hydrogens is 348 g/mol. The second-order valence-electron chi connectivity index (χ2n) is 7.24. The second kappa shape index (κ2) is 8.36. The zero-order valence-electron chi connectivity index (χ0n) is 15.8. The summed E-state index contributed by atoms with van der Waals surface area (Å²) in [5.74, 6) is 0.0453. The van der Waals surface area contributed by atoms with Crippen LogP contribution in [-0.4, -0.2) is 24.1 Å². The van der Waals surface area contributed by atoms with E-state index < -0.39 is 5.41 Å². The number of pyridine rings is 1. The normalized spacial score (nSPS) is 15.7. The van der Waals surface area contributed by atoms with Gasteiger partial charge in [-0.3, -0.25) is 9.78 Å². The van der Waals surface area contributed by atoms with E-state index in [1.807, 2.05) is 54.6 Å². The quantitative estimate of drug-likeness (QED) is 0.724. The summed E-state index contributed by atoms with van der Waals surface area (Å²) in [5.41, 5.74) is 3.77. The topological polar surface area (TPSA) is 51.2 Å². The largest absolute Gasteiger partial charge is 0.381 e. The van der Waals surface area contributed by atoms with Crippen molar-refractivity contribution in [3.8, 4) is 0 Å². The predicted molar refractivity (Wildman–Crippen MR) is 110 cm³/mol. The van der Waals surface area contributed by atoms with Crippen LogP contribution in [0.25, 0.3) is 0 Å². The van der Waals surface area contributed by atoms with Crippen LogP contribution in [0.2, 0.25) is 0 Å². The Kier molecular flexibility index (Phi) is 5.49. The van der Waals surface area contributed by atoms with Crippen molar-refractivity contribution in [2.24, 2.45) is 0 Å². The molecule has 1 aromatic heterocycles. The summed E-state index contributed by atoms with van der Waals surface area (Å²) < 4.78 is 5.53. The van der Waals surface area contributed by atoms with Gasteiger partial charge in [0.25, 0.3) is 0 Å². The minimum absolute atomic E-state index is 0.0453. The minimum Gasteiger partial charge on any atom is -0.381 e. The molecule has 4 heteroatoms. The van der Waals surface area contributed by atoms with Gasteiger partial charge in [-0.1, -0.05) is 42.5 Å². The highest BCUT2D eigenvalue weighted by atomic mass is 16.5. The van der Waals surface area contributed by atoms with Gasteiger partial charge >= 0.3 is 0 Å². The molecule has 1 aliphatic rings. The van der Waals surface area contributed by atoms with Crippen LogP contribution in [0.15, 0.2) is 79.1 Å². The van der Waals surface area contributed by atoms with E-state index in [9.17, 15) is 4.79 Å². The number of rotatable bonds is 5. The summed E-state index contributed by atoms with van der Waals surface area (Å²) in [6, 6.07) is 22.2. The standard InChI is InChI=1S/C24H24N2O2/c27-23(24(12-16-28-17-13-24)21-4-2-1-3-5-21)26-22-8-6-19(7-9-22)18-20-10-14-25-15-11-20/h1-11,14-15H,12-13,16-18H2,(H,26,27). The van der Waals surface area contributed by atoms with Gasteiger partial charge in [-0.2, -0.15) is 0 Å². The van der Waals surface area contributed by atoms with Crippen molar-refractivity contribution in [1.29, 1.82) is 0 Å². The fourth-order valence-corrected chi connectivity index (χ4v) is 3.82. The SMILES string of the molecule is O=C(Nc1ccc(Cc2ccncc2)cc1)C1(c2ccccc2)CCOCC1. The molecule has 28 heavy (non-hydrogen) atoms. The van der Waals surface area contributed by atoms with Gasteiger partial charge in [0.15, 0.2) is 0 Å². The molecule has 1 fully saturated rings. The third-order valence-corrected chi connectivity index (χ3v) is 5.48. The Labute approximate surface area is 165 Å². The Morgan fingerprint density at radius 3 is 2.21 bits per heavy atom.